The Kier molecular flexibility index (Phi) is 6.09. The van der Waals surface area contributed by atoms with E-state index in [4.69, 9.17) is 10.5 Å². The molecule has 2 aromatic rings. The zero-order chi connectivity index (χ0) is 20.4. The van der Waals surface area contributed by atoms with Crippen molar-refractivity contribution in [2.45, 2.75) is 39.1 Å². The number of carbonyl (C=O) groups excluding carboxylic acids is 1. The number of hydrogen-bond acceptors (Lipinski definition) is 3. The number of nitrogens with two attached hydrogens (primary N) is 1. The number of anilines is 2. The van der Waals surface area contributed by atoms with Crippen LogP contribution in [0.4, 0.5) is 29.3 Å². The van der Waals surface area contributed by atoms with Crippen LogP contribution in [0.5, 0.6) is 0 Å². The molecule has 0 unspecified atom stereocenters. The van der Waals surface area contributed by atoms with Crippen molar-refractivity contribution in [1.29, 1.82) is 0 Å². The molecule has 8 heteroatoms. The molecule has 0 aromatic heterocycles. The van der Waals surface area contributed by atoms with Crippen molar-refractivity contribution in [1.82, 2.24) is 0 Å². The van der Waals surface area contributed by atoms with E-state index in [9.17, 15) is 18.0 Å². The summed E-state index contributed by atoms with van der Waals surface area (Å²) in [4.78, 5) is 14.0. The fourth-order valence-corrected chi connectivity index (χ4v) is 2.90. The van der Waals surface area contributed by atoms with Crippen molar-refractivity contribution in [3.63, 3.8) is 0 Å². The largest absolute Gasteiger partial charge is 0.443 e. The van der Waals surface area contributed by atoms with Crippen LogP contribution in [-0.2, 0) is 17.5 Å². The first kappa shape index (κ1) is 21.1. The number of nitrogen functional groups attached to an aromatic ring is 1. The predicted octanol–water partition coefficient (Wildman–Crippen LogP) is 5.99. The Morgan fingerprint density at radius 3 is 2.19 bits per heavy atom. The molecule has 0 heterocycles. The highest BCUT2D eigenvalue weighted by atomic mass is 79.9. The third-order valence-electron chi connectivity index (χ3n) is 3.50. The zero-order valence-corrected chi connectivity index (χ0v) is 16.7. The van der Waals surface area contributed by atoms with Gasteiger partial charge in [-0.25, -0.2) is 4.79 Å². The summed E-state index contributed by atoms with van der Waals surface area (Å²) in [5.41, 5.74) is 5.80. The van der Waals surface area contributed by atoms with E-state index in [-0.39, 0.29) is 6.54 Å². The number of alkyl halides is 3. The van der Waals surface area contributed by atoms with E-state index in [1.807, 2.05) is 0 Å². The smallest absolute Gasteiger partial charge is 0.416 e. The van der Waals surface area contributed by atoms with Crippen LogP contribution in [0.2, 0.25) is 0 Å². The number of amides is 1. The lowest BCUT2D eigenvalue weighted by Gasteiger charge is -2.28. The molecular weight excluding hydrogens is 425 g/mol. The predicted molar refractivity (Wildman–Crippen MR) is 102 cm³/mol. The van der Waals surface area contributed by atoms with Crippen LogP contribution in [0.1, 0.15) is 31.9 Å². The molecule has 0 atom stereocenters. The lowest BCUT2D eigenvalue weighted by Crippen LogP contribution is -2.36. The first-order valence-electron chi connectivity index (χ1n) is 8.08. The number of rotatable bonds is 3. The Bertz CT molecular complexity index is 815. The highest BCUT2D eigenvalue weighted by molar-refractivity contribution is 9.10. The Balaban J connectivity index is 2.36. The molecule has 146 valence electrons. The molecule has 1 amide bonds. The van der Waals surface area contributed by atoms with Gasteiger partial charge in [0.2, 0.25) is 0 Å². The van der Waals surface area contributed by atoms with Gasteiger partial charge >= 0.3 is 12.3 Å². The molecule has 2 aromatic carbocycles. The molecule has 0 radical (unpaired) electrons. The van der Waals surface area contributed by atoms with Gasteiger partial charge in [0, 0.05) is 10.2 Å². The van der Waals surface area contributed by atoms with E-state index in [1.54, 1.807) is 39.0 Å². The Labute approximate surface area is 164 Å². The first-order chi connectivity index (χ1) is 12.4. The number of halogens is 4. The molecule has 0 aliphatic rings. The van der Waals surface area contributed by atoms with Gasteiger partial charge in [0.25, 0.3) is 0 Å². The highest BCUT2D eigenvalue weighted by Gasteiger charge is 2.30. The molecule has 0 saturated carbocycles. The quantitative estimate of drug-likeness (QED) is 0.591. The van der Waals surface area contributed by atoms with Crippen molar-refractivity contribution >= 4 is 33.4 Å². The maximum Gasteiger partial charge on any atom is 0.416 e. The SMILES string of the molecule is CC(C)(C)OC(=O)N(Cc1ccc(C(F)(F)F)cc1)c1ccc(N)cc1Br. The maximum atomic E-state index is 12.7. The monoisotopic (exact) mass is 444 g/mol. The maximum absolute atomic E-state index is 12.7. The van der Waals surface area contributed by atoms with E-state index in [0.717, 1.165) is 12.1 Å². The summed E-state index contributed by atoms with van der Waals surface area (Å²) in [6.07, 6.45) is -5.03. The van der Waals surface area contributed by atoms with Crippen LogP contribution in [-0.4, -0.2) is 11.7 Å². The van der Waals surface area contributed by atoms with Gasteiger partial charge in [-0.1, -0.05) is 12.1 Å². The van der Waals surface area contributed by atoms with E-state index in [2.05, 4.69) is 15.9 Å². The average Bonchev–Trinajstić information content (AvgIpc) is 2.51. The van der Waals surface area contributed by atoms with E-state index in [1.165, 1.54) is 17.0 Å². The second kappa shape index (κ2) is 7.80. The van der Waals surface area contributed by atoms with E-state index in [0.29, 0.717) is 21.4 Å². The molecule has 0 aliphatic carbocycles. The van der Waals surface area contributed by atoms with Crippen LogP contribution in [0, 0.1) is 0 Å². The molecule has 0 fully saturated rings. The van der Waals surface area contributed by atoms with Crippen LogP contribution in [0.3, 0.4) is 0 Å². The average molecular weight is 445 g/mol. The summed E-state index contributed by atoms with van der Waals surface area (Å²) < 4.78 is 44.3. The third kappa shape index (κ3) is 5.89. The van der Waals surface area contributed by atoms with Gasteiger partial charge in [-0.2, -0.15) is 13.2 Å². The number of ether oxygens (including phenoxy) is 1. The minimum absolute atomic E-state index is 0.0373. The number of benzene rings is 2. The first-order valence-corrected chi connectivity index (χ1v) is 8.88. The Morgan fingerprint density at radius 1 is 1.11 bits per heavy atom. The standard InChI is InChI=1S/C19H20BrF3N2O2/c1-18(2,3)27-17(26)25(16-9-8-14(24)10-15(16)20)11-12-4-6-13(7-5-12)19(21,22)23/h4-10H,11,24H2,1-3H3. The van der Waals surface area contributed by atoms with E-state index < -0.39 is 23.4 Å². The van der Waals surface area contributed by atoms with Gasteiger partial charge in [0.1, 0.15) is 5.60 Å². The molecule has 0 aliphatic heterocycles. The Hall–Kier alpha value is -2.22. The van der Waals surface area contributed by atoms with Crippen molar-refractivity contribution in [2.24, 2.45) is 0 Å². The molecule has 27 heavy (non-hydrogen) atoms. The normalized spacial score (nSPS) is 12.0. The highest BCUT2D eigenvalue weighted by Crippen LogP contribution is 2.32. The number of carbonyl (C=O) groups is 1. The van der Waals surface area contributed by atoms with Crippen LogP contribution >= 0.6 is 15.9 Å². The van der Waals surface area contributed by atoms with Crippen molar-refractivity contribution in [2.75, 3.05) is 10.6 Å². The molecule has 0 bridgehead atoms. The van der Waals surface area contributed by atoms with Gasteiger partial charge in [0.15, 0.2) is 0 Å². The van der Waals surface area contributed by atoms with Gasteiger partial charge in [0.05, 0.1) is 17.8 Å². The summed E-state index contributed by atoms with van der Waals surface area (Å²) in [5.74, 6) is 0. The fraction of sp³-hybridized carbons (Fsp3) is 0.316. The molecule has 4 nitrogen and oxygen atoms in total. The van der Waals surface area contributed by atoms with Crippen molar-refractivity contribution in [3.8, 4) is 0 Å². The van der Waals surface area contributed by atoms with Gasteiger partial charge in [-0.05, 0) is 72.6 Å². The lowest BCUT2D eigenvalue weighted by atomic mass is 10.1. The summed E-state index contributed by atoms with van der Waals surface area (Å²) in [5, 5.41) is 0. The Morgan fingerprint density at radius 2 is 1.70 bits per heavy atom. The minimum Gasteiger partial charge on any atom is -0.443 e. The molecule has 2 rings (SSSR count). The van der Waals surface area contributed by atoms with Crippen LogP contribution in [0.15, 0.2) is 46.9 Å². The van der Waals surface area contributed by atoms with Crippen LogP contribution < -0.4 is 10.6 Å². The number of nitrogens with zero attached hydrogens (tertiary/aromatic N) is 1. The second-order valence-electron chi connectivity index (χ2n) is 6.97. The van der Waals surface area contributed by atoms with Crippen molar-refractivity contribution in [3.05, 3.63) is 58.1 Å². The summed E-state index contributed by atoms with van der Waals surface area (Å²) in [7, 11) is 0. The summed E-state index contributed by atoms with van der Waals surface area (Å²) in [6, 6.07) is 9.56. The van der Waals surface area contributed by atoms with E-state index >= 15 is 0 Å². The second-order valence-corrected chi connectivity index (χ2v) is 7.83. The molecule has 0 saturated heterocycles. The third-order valence-corrected chi connectivity index (χ3v) is 4.13. The van der Waals surface area contributed by atoms with Crippen molar-refractivity contribution < 1.29 is 22.7 Å². The van der Waals surface area contributed by atoms with Gasteiger partial charge < -0.3 is 10.5 Å². The summed E-state index contributed by atoms with van der Waals surface area (Å²) in [6.45, 7) is 5.24. The van der Waals surface area contributed by atoms with Crippen LogP contribution in [0.25, 0.3) is 0 Å². The molecular formula is C19H20BrF3N2O2. The molecule has 2 N–H and O–H groups in total. The number of hydrogen-bond donors (Lipinski definition) is 1. The fourth-order valence-electron chi connectivity index (χ4n) is 2.29. The lowest BCUT2D eigenvalue weighted by molar-refractivity contribution is -0.137. The zero-order valence-electron chi connectivity index (χ0n) is 15.1. The van der Waals surface area contributed by atoms with Gasteiger partial charge in [-0.3, -0.25) is 4.90 Å². The summed E-state index contributed by atoms with van der Waals surface area (Å²) >= 11 is 3.37. The minimum atomic E-state index is -4.41. The topological polar surface area (TPSA) is 55.6 Å². The molecule has 0 spiro atoms. The van der Waals surface area contributed by atoms with Gasteiger partial charge in [-0.15, -0.1) is 0 Å².